The van der Waals surface area contributed by atoms with Crippen molar-refractivity contribution in [1.82, 2.24) is 4.90 Å². The average Bonchev–Trinajstić information content (AvgIpc) is 2.88. The normalized spacial score (nSPS) is 12.7. The van der Waals surface area contributed by atoms with E-state index in [1.165, 1.54) is 21.9 Å². The van der Waals surface area contributed by atoms with Gasteiger partial charge in [0.15, 0.2) is 0 Å². The molecule has 32 heavy (non-hydrogen) atoms. The maximum Gasteiger partial charge on any atom is 0.113 e. The first kappa shape index (κ1) is 21.3. The Balaban J connectivity index is 0.000000300. The van der Waals surface area contributed by atoms with Gasteiger partial charge in [-0.3, -0.25) is 4.99 Å². The Bertz CT molecular complexity index is 981. The Hall–Kier alpha value is -3.92. The van der Waals surface area contributed by atoms with Gasteiger partial charge in [0, 0.05) is 7.05 Å². The molecule has 0 bridgehead atoms. The molecule has 0 saturated heterocycles. The molecule has 0 amide bonds. The molecule has 4 aromatic rings. The summed E-state index contributed by atoms with van der Waals surface area (Å²) in [5, 5.41) is 0. The predicted molar refractivity (Wildman–Crippen MR) is 140 cm³/mol. The second-order valence-electron chi connectivity index (χ2n) is 7.97. The molecular formula is C28H27BN3-. The van der Waals surface area contributed by atoms with Crippen molar-refractivity contribution in [2.75, 3.05) is 13.7 Å². The lowest BCUT2D eigenvalue weighted by molar-refractivity contribution is 0.534. The molecule has 0 spiro atoms. The second kappa shape index (κ2) is 10.4. The molecule has 5 rings (SSSR count). The lowest BCUT2D eigenvalue weighted by atomic mass is 9.13. The Labute approximate surface area is 190 Å². The first-order valence-corrected chi connectivity index (χ1v) is 10.9. The highest BCUT2D eigenvalue weighted by Gasteiger charge is 2.30. The van der Waals surface area contributed by atoms with Gasteiger partial charge in [0.1, 0.15) is 19.2 Å². The minimum absolute atomic E-state index is 0.740. The summed E-state index contributed by atoms with van der Waals surface area (Å²) in [6.45, 7) is 0.740. The summed E-state index contributed by atoms with van der Waals surface area (Å²) < 4.78 is 0. The minimum atomic E-state index is -1.22. The Kier molecular flexibility index (Phi) is 6.93. The molecular weight excluding hydrogens is 389 g/mol. The first-order valence-electron chi connectivity index (χ1n) is 10.9. The van der Waals surface area contributed by atoms with Crippen LogP contribution in [0, 0.1) is 0 Å². The van der Waals surface area contributed by atoms with Gasteiger partial charge in [-0.1, -0.05) is 121 Å². The third-order valence-electron chi connectivity index (χ3n) is 5.92. The predicted octanol–water partition coefficient (Wildman–Crippen LogP) is 3.01. The van der Waals surface area contributed by atoms with E-state index < -0.39 is 6.15 Å². The van der Waals surface area contributed by atoms with Crippen LogP contribution in [0.1, 0.15) is 0 Å². The van der Waals surface area contributed by atoms with Gasteiger partial charge < -0.3 is 4.90 Å². The highest BCUT2D eigenvalue weighted by Crippen LogP contribution is 2.09. The molecule has 0 N–H and O–H groups in total. The fourth-order valence-electron chi connectivity index (χ4n) is 4.51. The van der Waals surface area contributed by atoms with E-state index in [4.69, 9.17) is 0 Å². The van der Waals surface area contributed by atoms with E-state index in [9.17, 15) is 0 Å². The highest BCUT2D eigenvalue weighted by atomic mass is 15.2. The van der Waals surface area contributed by atoms with Crippen LogP contribution in [0.25, 0.3) is 0 Å². The van der Waals surface area contributed by atoms with Crippen LogP contribution in [-0.4, -0.2) is 37.4 Å². The zero-order chi connectivity index (χ0) is 22.1. The zero-order valence-electron chi connectivity index (χ0n) is 18.3. The Morgan fingerprint density at radius 3 is 1.12 bits per heavy atom. The summed E-state index contributed by atoms with van der Waals surface area (Å²) in [5.41, 5.74) is 5.36. The summed E-state index contributed by atoms with van der Waals surface area (Å²) in [5.74, 6) is 0. The van der Waals surface area contributed by atoms with E-state index in [1.807, 2.05) is 11.9 Å². The zero-order valence-corrected chi connectivity index (χ0v) is 18.3. The van der Waals surface area contributed by atoms with E-state index in [0.29, 0.717) is 0 Å². The third-order valence-corrected chi connectivity index (χ3v) is 5.92. The van der Waals surface area contributed by atoms with Gasteiger partial charge in [0.2, 0.25) is 0 Å². The maximum atomic E-state index is 3.86. The maximum absolute atomic E-state index is 3.86. The summed E-state index contributed by atoms with van der Waals surface area (Å²) in [4.78, 5) is 9.53. The number of aliphatic imine (C=N–C) groups is 2. The van der Waals surface area contributed by atoms with Gasteiger partial charge in [-0.05, 0) is 0 Å². The lowest BCUT2D eigenvalue weighted by Crippen LogP contribution is -2.74. The highest BCUT2D eigenvalue weighted by molar-refractivity contribution is 7.19. The van der Waals surface area contributed by atoms with Crippen molar-refractivity contribution in [2.24, 2.45) is 9.98 Å². The molecule has 1 aliphatic heterocycles. The molecule has 4 aromatic carbocycles. The number of hydrogen-bond acceptors (Lipinski definition) is 3. The van der Waals surface area contributed by atoms with Crippen LogP contribution in [0.2, 0.25) is 0 Å². The van der Waals surface area contributed by atoms with E-state index >= 15 is 0 Å². The van der Waals surface area contributed by atoms with E-state index in [2.05, 4.69) is 131 Å². The molecule has 1 aliphatic rings. The van der Waals surface area contributed by atoms with Crippen LogP contribution >= 0.6 is 0 Å². The van der Waals surface area contributed by atoms with E-state index in [-0.39, 0.29) is 0 Å². The van der Waals surface area contributed by atoms with Crippen molar-refractivity contribution in [3.05, 3.63) is 121 Å². The third kappa shape index (κ3) is 4.55. The van der Waals surface area contributed by atoms with Crippen molar-refractivity contribution in [3.8, 4) is 0 Å². The molecule has 0 aliphatic carbocycles. The Morgan fingerprint density at radius 2 is 0.906 bits per heavy atom. The van der Waals surface area contributed by atoms with E-state index in [0.717, 1.165) is 6.67 Å². The average molecular weight is 416 g/mol. The molecule has 158 valence electrons. The molecule has 0 saturated carbocycles. The molecule has 1 heterocycles. The van der Waals surface area contributed by atoms with Crippen molar-refractivity contribution < 1.29 is 0 Å². The van der Waals surface area contributed by atoms with Crippen LogP contribution in [0.3, 0.4) is 0 Å². The van der Waals surface area contributed by atoms with E-state index in [1.54, 1.807) is 12.7 Å². The largest absolute Gasteiger partial charge is 0.346 e. The Morgan fingerprint density at radius 1 is 0.562 bits per heavy atom. The number of nitrogens with zero attached hydrogens (tertiary/aromatic N) is 3. The van der Waals surface area contributed by atoms with Crippen molar-refractivity contribution in [3.63, 3.8) is 0 Å². The van der Waals surface area contributed by atoms with Gasteiger partial charge >= 0.3 is 0 Å². The van der Waals surface area contributed by atoms with Gasteiger partial charge in [-0.25, -0.2) is 4.99 Å². The van der Waals surface area contributed by atoms with Crippen molar-refractivity contribution in [1.29, 1.82) is 0 Å². The number of rotatable bonds is 4. The SMILES string of the molecule is CN1C=NC=NC1.c1ccc([B-](c2ccccc2)(c2ccccc2)c2ccccc2)cc1. The monoisotopic (exact) mass is 416 g/mol. The fraction of sp³-hybridized carbons (Fsp3) is 0.0714. The summed E-state index contributed by atoms with van der Waals surface area (Å²) in [7, 11) is 1.93. The number of benzene rings is 4. The second-order valence-corrected chi connectivity index (χ2v) is 7.97. The van der Waals surface area contributed by atoms with Crippen LogP contribution in [-0.2, 0) is 0 Å². The van der Waals surface area contributed by atoms with Gasteiger partial charge in [-0.2, -0.15) is 21.9 Å². The van der Waals surface area contributed by atoms with Crippen molar-refractivity contribution in [2.45, 2.75) is 0 Å². The first-order chi connectivity index (χ1) is 15.8. The van der Waals surface area contributed by atoms with Crippen LogP contribution in [0.5, 0.6) is 0 Å². The van der Waals surface area contributed by atoms with Gasteiger partial charge in [-0.15, -0.1) is 0 Å². The molecule has 0 atom stereocenters. The van der Waals surface area contributed by atoms with Crippen molar-refractivity contribution >= 4 is 40.7 Å². The summed E-state index contributed by atoms with van der Waals surface area (Å²) >= 11 is 0. The smallest absolute Gasteiger partial charge is 0.113 e. The molecule has 0 unspecified atom stereocenters. The molecule has 4 heteroatoms. The van der Waals surface area contributed by atoms with Crippen LogP contribution in [0.4, 0.5) is 0 Å². The van der Waals surface area contributed by atoms with Crippen LogP contribution < -0.4 is 21.9 Å². The number of hydrogen-bond donors (Lipinski definition) is 0. The minimum Gasteiger partial charge on any atom is -0.346 e. The summed E-state index contributed by atoms with van der Waals surface area (Å²) in [6, 6.07) is 43.5. The molecule has 3 nitrogen and oxygen atoms in total. The van der Waals surface area contributed by atoms with Gasteiger partial charge in [0.05, 0.1) is 6.34 Å². The quantitative estimate of drug-likeness (QED) is 0.470. The lowest BCUT2D eigenvalue weighted by Gasteiger charge is -2.44. The fourth-order valence-corrected chi connectivity index (χ4v) is 4.51. The molecule has 0 aromatic heterocycles. The topological polar surface area (TPSA) is 28.0 Å². The van der Waals surface area contributed by atoms with Gasteiger partial charge in [0.25, 0.3) is 0 Å². The molecule has 0 fully saturated rings. The standard InChI is InChI=1S/C24H20B.C4H7N3/c1-5-13-21(14-6-1)25(22-15-7-2-8-16-22,23-17-9-3-10-18-23)24-19-11-4-12-20-24;1-7-3-5-2-6-4-7/h1-20H;2-3H,4H2,1H3/q-1;. The summed E-state index contributed by atoms with van der Waals surface area (Å²) in [6.07, 6.45) is 2.08. The molecule has 0 radical (unpaired) electrons. The van der Waals surface area contributed by atoms with Crippen LogP contribution in [0.15, 0.2) is 131 Å².